The molecule has 0 aliphatic carbocycles. The summed E-state index contributed by atoms with van der Waals surface area (Å²) in [5, 5.41) is 0. The lowest BCUT2D eigenvalue weighted by Crippen LogP contribution is -2.37. The summed E-state index contributed by atoms with van der Waals surface area (Å²) >= 11 is 0. The van der Waals surface area contributed by atoms with Crippen molar-refractivity contribution in [1.82, 2.24) is 0 Å². The Balaban J connectivity index is 0.00000172. The van der Waals surface area contributed by atoms with Crippen LogP contribution in [0.3, 0.4) is 0 Å². The molecule has 1 aromatic rings. The van der Waals surface area contributed by atoms with Gasteiger partial charge in [-0.15, -0.1) is 0 Å². The molecule has 2 nitrogen and oxygen atoms in total. The van der Waals surface area contributed by atoms with Crippen LogP contribution < -0.4 is 10.2 Å². The summed E-state index contributed by atoms with van der Waals surface area (Å²) in [6.45, 7) is 11.8. The summed E-state index contributed by atoms with van der Waals surface area (Å²) in [5.41, 5.74) is -0.254. The maximum atomic E-state index is 13.8. The molecule has 20 heavy (non-hydrogen) atoms. The van der Waals surface area contributed by atoms with E-state index in [0.29, 0.717) is 0 Å². The van der Waals surface area contributed by atoms with Gasteiger partial charge < -0.3 is 9.39 Å². The summed E-state index contributed by atoms with van der Waals surface area (Å²) in [4.78, 5) is 0. The second kappa shape index (κ2) is 8.25. The van der Waals surface area contributed by atoms with Crippen LogP contribution in [0.5, 0.6) is 5.75 Å². The van der Waals surface area contributed by atoms with Gasteiger partial charge in [-0.25, -0.2) is 8.78 Å². The van der Waals surface area contributed by atoms with Crippen LogP contribution in [0.25, 0.3) is 0 Å². The first-order valence-corrected chi connectivity index (χ1v) is 6.82. The number of rotatable bonds is 5. The van der Waals surface area contributed by atoms with Crippen LogP contribution in [-0.4, -0.2) is 20.2 Å². The Morgan fingerprint density at radius 1 is 1.15 bits per heavy atom. The number of methoxy groups -OCH3 is 1. The second-order valence-corrected chi connectivity index (χ2v) is 4.98. The predicted octanol–water partition coefficient (Wildman–Crippen LogP) is 3.70. The summed E-state index contributed by atoms with van der Waals surface area (Å²) in [5.74, 6) is -1.61. The van der Waals surface area contributed by atoms with Crippen molar-refractivity contribution in [3.8, 4) is 5.75 Å². The molecule has 0 aliphatic heterocycles. The SMILES string of the molecule is CC.COc1c(F)ccc([B]OC(C)(C)C(C)C)c1F. The first kappa shape index (κ1) is 18.9. The van der Waals surface area contributed by atoms with Gasteiger partial charge in [-0.3, -0.25) is 0 Å². The molecular weight excluding hydrogens is 261 g/mol. The lowest BCUT2D eigenvalue weighted by molar-refractivity contribution is 0.0666. The normalized spacial score (nSPS) is 10.9. The molecule has 5 heteroatoms. The molecule has 1 aromatic carbocycles. The minimum Gasteiger partial charge on any atom is -0.491 e. The molecule has 0 saturated carbocycles. The van der Waals surface area contributed by atoms with Crippen LogP contribution in [0.4, 0.5) is 8.78 Å². The summed E-state index contributed by atoms with van der Waals surface area (Å²) in [6.07, 6.45) is 0. The maximum absolute atomic E-state index is 13.8. The molecule has 0 heterocycles. The standard InChI is InChI=1S/C13H18BF2O2.C2H6/c1-8(2)13(3,4)18-14-9-6-7-10(15)12(17-5)11(9)16;1-2/h6-8H,1-5H3;1-2H3. The van der Waals surface area contributed by atoms with Gasteiger partial charge in [-0.1, -0.05) is 33.8 Å². The first-order valence-electron chi connectivity index (χ1n) is 6.82. The minimum atomic E-state index is -0.753. The topological polar surface area (TPSA) is 18.5 Å². The monoisotopic (exact) mass is 285 g/mol. The maximum Gasteiger partial charge on any atom is 0.333 e. The zero-order chi connectivity index (χ0) is 15.9. The molecule has 1 radical (unpaired) electrons. The third-order valence-electron chi connectivity index (χ3n) is 3.16. The zero-order valence-corrected chi connectivity index (χ0v) is 13.4. The van der Waals surface area contributed by atoms with E-state index in [1.807, 2.05) is 41.5 Å². The van der Waals surface area contributed by atoms with Gasteiger partial charge in [0.15, 0.2) is 17.4 Å². The van der Waals surface area contributed by atoms with Gasteiger partial charge in [0, 0.05) is 5.60 Å². The smallest absolute Gasteiger partial charge is 0.333 e. The highest BCUT2D eigenvalue weighted by Gasteiger charge is 2.24. The average Bonchev–Trinajstić information content (AvgIpc) is 2.40. The largest absolute Gasteiger partial charge is 0.491 e. The Labute approximate surface area is 121 Å². The van der Waals surface area contributed by atoms with E-state index in [-0.39, 0.29) is 11.4 Å². The van der Waals surface area contributed by atoms with Crippen LogP contribution in [-0.2, 0) is 4.65 Å². The minimum absolute atomic E-state index is 0.168. The fraction of sp³-hybridized carbons (Fsp3) is 0.600. The van der Waals surface area contributed by atoms with Gasteiger partial charge in [0.05, 0.1) is 7.11 Å². The van der Waals surface area contributed by atoms with E-state index in [2.05, 4.69) is 4.74 Å². The fourth-order valence-electron chi connectivity index (χ4n) is 1.18. The van der Waals surface area contributed by atoms with E-state index >= 15 is 0 Å². The van der Waals surface area contributed by atoms with E-state index in [1.165, 1.54) is 20.7 Å². The van der Waals surface area contributed by atoms with E-state index in [9.17, 15) is 8.78 Å². The van der Waals surface area contributed by atoms with Crippen molar-refractivity contribution in [2.45, 2.75) is 47.1 Å². The molecule has 0 N–H and O–H groups in total. The Morgan fingerprint density at radius 3 is 2.15 bits per heavy atom. The Hall–Kier alpha value is -1.10. The molecule has 1 rings (SSSR count). The second-order valence-electron chi connectivity index (χ2n) is 4.98. The lowest BCUT2D eigenvalue weighted by Gasteiger charge is -2.30. The molecular formula is C15H24BF2O2. The number of benzene rings is 1. The van der Waals surface area contributed by atoms with Gasteiger partial charge in [-0.05, 0) is 31.3 Å². The van der Waals surface area contributed by atoms with E-state index in [1.54, 1.807) is 0 Å². The molecule has 0 unspecified atom stereocenters. The number of ether oxygens (including phenoxy) is 1. The van der Waals surface area contributed by atoms with Crippen molar-refractivity contribution in [3.05, 3.63) is 23.8 Å². The van der Waals surface area contributed by atoms with Crippen molar-refractivity contribution in [3.63, 3.8) is 0 Å². The van der Waals surface area contributed by atoms with Gasteiger partial charge in [0.2, 0.25) is 0 Å². The van der Waals surface area contributed by atoms with Gasteiger partial charge in [0.25, 0.3) is 0 Å². The van der Waals surface area contributed by atoms with Gasteiger partial charge in [-0.2, -0.15) is 0 Å². The van der Waals surface area contributed by atoms with Crippen molar-refractivity contribution in [2.75, 3.05) is 7.11 Å². The van der Waals surface area contributed by atoms with E-state index < -0.39 is 23.0 Å². The predicted molar refractivity (Wildman–Crippen MR) is 79.6 cm³/mol. The molecule has 0 aliphatic rings. The van der Waals surface area contributed by atoms with E-state index in [4.69, 9.17) is 4.65 Å². The zero-order valence-electron chi connectivity index (χ0n) is 13.4. The van der Waals surface area contributed by atoms with Crippen molar-refractivity contribution < 1.29 is 18.2 Å². The van der Waals surface area contributed by atoms with Crippen LogP contribution in [0.2, 0.25) is 0 Å². The molecule has 0 saturated heterocycles. The van der Waals surface area contributed by atoms with Crippen LogP contribution in [0.1, 0.15) is 41.5 Å². The summed E-state index contributed by atoms with van der Waals surface area (Å²) in [6, 6.07) is 2.48. The number of hydrogen-bond donors (Lipinski definition) is 0. The highest BCUT2D eigenvalue weighted by Crippen LogP contribution is 2.21. The quantitative estimate of drug-likeness (QED) is 0.768. The molecule has 0 amide bonds. The van der Waals surface area contributed by atoms with Crippen LogP contribution >= 0.6 is 0 Å². The van der Waals surface area contributed by atoms with Crippen molar-refractivity contribution in [2.24, 2.45) is 5.92 Å². The van der Waals surface area contributed by atoms with E-state index in [0.717, 1.165) is 6.07 Å². The summed E-state index contributed by atoms with van der Waals surface area (Å²) < 4.78 is 37.3. The summed E-state index contributed by atoms with van der Waals surface area (Å²) in [7, 11) is 2.53. The Morgan fingerprint density at radius 2 is 1.70 bits per heavy atom. The van der Waals surface area contributed by atoms with Crippen molar-refractivity contribution >= 4 is 12.9 Å². The lowest BCUT2D eigenvalue weighted by atomic mass is 9.83. The molecule has 0 spiro atoms. The Bertz CT molecular complexity index is 421. The Kier molecular flexibility index (Phi) is 7.80. The molecule has 0 fully saturated rings. The third-order valence-corrected chi connectivity index (χ3v) is 3.16. The van der Waals surface area contributed by atoms with Gasteiger partial charge in [0.1, 0.15) is 0 Å². The van der Waals surface area contributed by atoms with Crippen LogP contribution in [0.15, 0.2) is 12.1 Å². The number of halogens is 2. The van der Waals surface area contributed by atoms with Crippen LogP contribution in [0, 0.1) is 17.6 Å². The highest BCUT2D eigenvalue weighted by atomic mass is 19.1. The number of hydrogen-bond acceptors (Lipinski definition) is 2. The van der Waals surface area contributed by atoms with Gasteiger partial charge >= 0.3 is 7.48 Å². The average molecular weight is 285 g/mol. The highest BCUT2D eigenvalue weighted by molar-refractivity contribution is 6.47. The third kappa shape index (κ3) is 4.78. The fourth-order valence-corrected chi connectivity index (χ4v) is 1.18. The van der Waals surface area contributed by atoms with Crippen molar-refractivity contribution in [1.29, 1.82) is 0 Å². The molecule has 0 atom stereocenters. The first-order chi connectivity index (χ1) is 9.29. The molecule has 0 aromatic heterocycles. The molecule has 0 bridgehead atoms. The molecule has 113 valence electrons.